The molecule has 28 heavy (non-hydrogen) atoms. The number of hydrogen-bond donors (Lipinski definition) is 2. The summed E-state index contributed by atoms with van der Waals surface area (Å²) < 4.78 is 27.2. The van der Waals surface area contributed by atoms with Gasteiger partial charge >= 0.3 is 0 Å². The van der Waals surface area contributed by atoms with E-state index in [4.69, 9.17) is 4.99 Å². The van der Waals surface area contributed by atoms with Crippen LogP contribution >= 0.6 is 24.0 Å². The Kier molecular flexibility index (Phi) is 13.4. The third kappa shape index (κ3) is 10.4. The van der Waals surface area contributed by atoms with E-state index in [-0.39, 0.29) is 35.8 Å². The minimum Gasteiger partial charge on any atom is -0.357 e. The van der Waals surface area contributed by atoms with Crippen LogP contribution in [0, 0.1) is 0 Å². The number of hydrogen-bond acceptors (Lipinski definition) is 3. The van der Waals surface area contributed by atoms with Gasteiger partial charge in [-0.05, 0) is 44.7 Å². The maximum Gasteiger partial charge on any atom is 0.216 e. The highest BCUT2D eigenvalue weighted by Crippen LogP contribution is 2.14. The van der Waals surface area contributed by atoms with Gasteiger partial charge in [0.25, 0.3) is 0 Å². The molecule has 1 rings (SSSR count). The van der Waals surface area contributed by atoms with E-state index >= 15 is 0 Å². The molecule has 0 aliphatic carbocycles. The molecular formula is C20H35IN4O2S. The van der Waals surface area contributed by atoms with E-state index < -0.39 is 10.0 Å². The molecule has 0 amide bonds. The molecule has 0 unspecified atom stereocenters. The Morgan fingerprint density at radius 1 is 1.29 bits per heavy atom. The van der Waals surface area contributed by atoms with Gasteiger partial charge in [-0.25, -0.2) is 18.1 Å². The Bertz CT molecular complexity index is 721. The number of nitrogens with one attached hydrogen (secondary N) is 2. The van der Waals surface area contributed by atoms with Crippen molar-refractivity contribution in [1.82, 2.24) is 14.9 Å². The molecule has 0 spiro atoms. The maximum atomic E-state index is 12.3. The van der Waals surface area contributed by atoms with Crippen molar-refractivity contribution < 1.29 is 8.42 Å². The Labute approximate surface area is 188 Å². The summed E-state index contributed by atoms with van der Waals surface area (Å²) in [6.45, 7) is 11.5. The molecule has 0 saturated carbocycles. The number of rotatable bonds is 11. The Morgan fingerprint density at radius 3 is 2.50 bits per heavy atom. The largest absolute Gasteiger partial charge is 0.357 e. The molecule has 1 aromatic rings. The molecule has 0 aliphatic heterocycles. The quantitative estimate of drug-likeness (QED) is 0.154. The average Bonchev–Trinajstić information content (AvgIpc) is 2.58. The minimum absolute atomic E-state index is 0. The van der Waals surface area contributed by atoms with Crippen LogP contribution in [-0.4, -0.2) is 45.5 Å². The molecule has 0 aromatic heterocycles. The van der Waals surface area contributed by atoms with Gasteiger partial charge in [-0.2, -0.15) is 0 Å². The van der Waals surface area contributed by atoms with Gasteiger partial charge in [0, 0.05) is 26.2 Å². The summed E-state index contributed by atoms with van der Waals surface area (Å²) in [6, 6.07) is 7.44. The zero-order valence-electron chi connectivity index (χ0n) is 17.4. The van der Waals surface area contributed by atoms with Crippen molar-refractivity contribution in [2.75, 3.05) is 20.1 Å². The highest BCUT2D eigenvalue weighted by molar-refractivity contribution is 14.0. The lowest BCUT2D eigenvalue weighted by atomic mass is 10.1. The van der Waals surface area contributed by atoms with Gasteiger partial charge in [0.1, 0.15) is 0 Å². The second kappa shape index (κ2) is 13.9. The zero-order valence-corrected chi connectivity index (χ0v) is 20.6. The summed E-state index contributed by atoms with van der Waals surface area (Å²) in [5, 5.41) is 3.29. The fourth-order valence-electron chi connectivity index (χ4n) is 2.67. The van der Waals surface area contributed by atoms with Gasteiger partial charge in [0.2, 0.25) is 10.0 Å². The topological polar surface area (TPSA) is 73.8 Å². The fourth-order valence-corrected chi connectivity index (χ4v) is 4.16. The lowest BCUT2D eigenvalue weighted by Gasteiger charge is -2.22. The van der Waals surface area contributed by atoms with Crippen LogP contribution in [0.25, 0.3) is 0 Å². The first-order valence-electron chi connectivity index (χ1n) is 9.46. The van der Waals surface area contributed by atoms with Crippen molar-refractivity contribution in [2.45, 2.75) is 52.0 Å². The summed E-state index contributed by atoms with van der Waals surface area (Å²) in [6.07, 6.45) is 3.90. The molecule has 6 nitrogen and oxygen atoms in total. The minimum atomic E-state index is -3.37. The van der Waals surface area contributed by atoms with Gasteiger partial charge in [0.05, 0.1) is 12.3 Å². The lowest BCUT2D eigenvalue weighted by molar-refractivity contribution is 0.470. The predicted octanol–water partition coefficient (Wildman–Crippen LogP) is 3.50. The van der Waals surface area contributed by atoms with Gasteiger partial charge in [-0.3, -0.25) is 0 Å². The molecule has 0 aliphatic rings. The average molecular weight is 522 g/mol. The van der Waals surface area contributed by atoms with Crippen LogP contribution in [0.1, 0.15) is 44.7 Å². The molecule has 8 heteroatoms. The van der Waals surface area contributed by atoms with E-state index in [1.807, 2.05) is 58.2 Å². The first kappa shape index (κ1) is 26.9. The van der Waals surface area contributed by atoms with Gasteiger partial charge < -0.3 is 10.2 Å². The molecule has 0 fully saturated rings. The number of guanidine groups is 1. The van der Waals surface area contributed by atoms with Gasteiger partial charge in [-0.15, -0.1) is 30.6 Å². The smallest absolute Gasteiger partial charge is 0.216 e. The molecule has 0 radical (unpaired) electrons. The van der Waals surface area contributed by atoms with Crippen molar-refractivity contribution in [2.24, 2.45) is 4.99 Å². The van der Waals surface area contributed by atoms with Crippen LogP contribution in [0.2, 0.25) is 0 Å². The molecule has 0 atom stereocenters. The summed E-state index contributed by atoms with van der Waals surface area (Å²) in [4.78, 5) is 6.79. The number of sulfonamides is 1. The van der Waals surface area contributed by atoms with Crippen molar-refractivity contribution >= 4 is 40.0 Å². The highest BCUT2D eigenvalue weighted by atomic mass is 127. The van der Waals surface area contributed by atoms with Crippen LogP contribution in [-0.2, 0) is 22.3 Å². The number of halogens is 1. The Balaban J connectivity index is 0.00000729. The van der Waals surface area contributed by atoms with E-state index in [0.717, 1.165) is 43.0 Å². The molecule has 0 heterocycles. The molecular weight excluding hydrogens is 487 g/mol. The predicted molar refractivity (Wildman–Crippen MR) is 130 cm³/mol. The van der Waals surface area contributed by atoms with Crippen LogP contribution < -0.4 is 10.0 Å². The third-order valence-corrected chi connectivity index (χ3v) is 5.40. The van der Waals surface area contributed by atoms with E-state index in [1.165, 1.54) is 0 Å². The molecule has 160 valence electrons. The number of allylic oxidation sites excluding steroid dienone is 1. The van der Waals surface area contributed by atoms with Crippen LogP contribution in [0.4, 0.5) is 0 Å². The first-order chi connectivity index (χ1) is 12.8. The van der Waals surface area contributed by atoms with Crippen molar-refractivity contribution in [3.05, 3.63) is 48.0 Å². The Hall–Kier alpha value is -1.13. The Morgan fingerprint density at radius 2 is 1.93 bits per heavy atom. The molecule has 0 bridgehead atoms. The zero-order chi connectivity index (χ0) is 20.3. The lowest BCUT2D eigenvalue weighted by Crippen LogP contribution is -2.39. The van der Waals surface area contributed by atoms with E-state index in [0.29, 0.717) is 6.54 Å². The van der Waals surface area contributed by atoms with E-state index in [9.17, 15) is 8.42 Å². The SMILES string of the molecule is C=CCCCN(C)C(=NCc1ccccc1CS(=O)(=O)NC(C)C)NCC.I. The van der Waals surface area contributed by atoms with Crippen LogP contribution in [0.5, 0.6) is 0 Å². The summed E-state index contributed by atoms with van der Waals surface area (Å²) in [7, 11) is -1.36. The fraction of sp³-hybridized carbons (Fsp3) is 0.550. The second-order valence-corrected chi connectivity index (χ2v) is 8.58. The molecule has 1 aromatic carbocycles. The summed E-state index contributed by atoms with van der Waals surface area (Å²) >= 11 is 0. The van der Waals surface area contributed by atoms with E-state index in [1.54, 1.807) is 0 Å². The summed E-state index contributed by atoms with van der Waals surface area (Å²) in [5.74, 6) is 0.780. The third-order valence-electron chi connectivity index (χ3n) is 3.88. The second-order valence-electron chi connectivity index (χ2n) is 6.82. The van der Waals surface area contributed by atoms with Gasteiger partial charge in [-0.1, -0.05) is 30.3 Å². The standard InChI is InChI=1S/C20H34N4O2S.HI/c1-6-8-11-14-24(5)20(21-7-2)22-15-18-12-9-10-13-19(18)16-27(25,26)23-17(3)4;/h6,9-10,12-13,17,23H,1,7-8,11,14-16H2,2-5H3,(H,21,22);1H. The number of unbranched alkanes of at least 4 members (excludes halogenated alkanes) is 1. The first-order valence-corrected chi connectivity index (χ1v) is 11.1. The van der Waals surface area contributed by atoms with Gasteiger partial charge in [0.15, 0.2) is 5.96 Å². The summed E-state index contributed by atoms with van der Waals surface area (Å²) in [5.41, 5.74) is 1.70. The van der Waals surface area contributed by atoms with Crippen molar-refractivity contribution in [3.63, 3.8) is 0 Å². The number of benzene rings is 1. The van der Waals surface area contributed by atoms with E-state index in [2.05, 4.69) is 21.5 Å². The normalized spacial score (nSPS) is 11.8. The number of nitrogens with zero attached hydrogens (tertiary/aromatic N) is 2. The van der Waals surface area contributed by atoms with Crippen molar-refractivity contribution in [1.29, 1.82) is 0 Å². The van der Waals surface area contributed by atoms with Crippen LogP contribution in [0.15, 0.2) is 41.9 Å². The van der Waals surface area contributed by atoms with Crippen molar-refractivity contribution in [3.8, 4) is 0 Å². The highest BCUT2D eigenvalue weighted by Gasteiger charge is 2.15. The monoisotopic (exact) mass is 522 g/mol. The molecule has 2 N–H and O–H groups in total. The molecule has 0 saturated heterocycles. The number of aliphatic imine (C=N–C) groups is 1. The maximum absolute atomic E-state index is 12.3. The van der Waals surface area contributed by atoms with Crippen LogP contribution in [0.3, 0.4) is 0 Å².